The lowest BCUT2D eigenvalue weighted by atomic mass is 9.98. The standard InChI is InChI=1S/C27H26N4O3/c1-30-26(18-7-5-4-6-8-18)21(22-15-28-17-29-27(22)30)9-10-25(32)31-12-11-19-13-23(33-2)24(34-3)14-20(19)16-31/h4-10,13-15,17H,11-12,16H2,1-3H3/b10-9+. The van der Waals surface area contributed by atoms with Gasteiger partial charge in [-0.25, -0.2) is 9.97 Å². The third-order valence-corrected chi connectivity index (χ3v) is 6.36. The van der Waals surface area contributed by atoms with Crippen LogP contribution in [0.3, 0.4) is 0 Å². The molecule has 0 fully saturated rings. The van der Waals surface area contributed by atoms with Gasteiger partial charge < -0.3 is 18.9 Å². The molecule has 7 heteroatoms. The molecular weight excluding hydrogens is 428 g/mol. The zero-order chi connectivity index (χ0) is 23.7. The Morgan fingerprint density at radius 2 is 1.79 bits per heavy atom. The van der Waals surface area contributed by atoms with E-state index in [-0.39, 0.29) is 5.91 Å². The lowest BCUT2D eigenvalue weighted by Gasteiger charge is -2.28. The first kappa shape index (κ1) is 21.7. The number of nitrogens with zero attached hydrogens (tertiary/aromatic N) is 4. The number of rotatable bonds is 5. The van der Waals surface area contributed by atoms with E-state index in [1.807, 2.05) is 52.9 Å². The van der Waals surface area contributed by atoms with Crippen molar-refractivity contribution in [1.29, 1.82) is 0 Å². The van der Waals surface area contributed by atoms with Gasteiger partial charge in [0.1, 0.15) is 12.0 Å². The number of ether oxygens (including phenoxy) is 2. The van der Waals surface area contributed by atoms with Gasteiger partial charge >= 0.3 is 0 Å². The zero-order valence-electron chi connectivity index (χ0n) is 19.5. The Balaban J connectivity index is 1.46. The fourth-order valence-electron chi connectivity index (χ4n) is 4.64. The number of methoxy groups -OCH3 is 2. The number of aromatic nitrogens is 3. The number of carbonyl (C=O) groups is 1. The average Bonchev–Trinajstić information content (AvgIpc) is 3.18. The SMILES string of the molecule is COc1cc2c(cc1OC)CN(C(=O)/C=C/c1c(-c3ccccc3)n(C)c3ncncc13)CC2. The summed E-state index contributed by atoms with van der Waals surface area (Å²) in [5.41, 5.74) is 6.08. The van der Waals surface area contributed by atoms with Gasteiger partial charge in [0.2, 0.25) is 5.91 Å². The highest BCUT2D eigenvalue weighted by Crippen LogP contribution is 2.34. The molecule has 2 aromatic carbocycles. The summed E-state index contributed by atoms with van der Waals surface area (Å²) in [5.74, 6) is 1.36. The monoisotopic (exact) mass is 454 g/mol. The molecular formula is C27H26N4O3. The third-order valence-electron chi connectivity index (χ3n) is 6.36. The van der Waals surface area contributed by atoms with Crippen LogP contribution >= 0.6 is 0 Å². The summed E-state index contributed by atoms with van der Waals surface area (Å²) in [6.45, 7) is 1.18. The Morgan fingerprint density at radius 3 is 2.53 bits per heavy atom. The Labute approximate surface area is 198 Å². The molecule has 0 saturated heterocycles. The Kier molecular flexibility index (Phi) is 5.76. The first-order valence-electron chi connectivity index (χ1n) is 11.1. The van der Waals surface area contributed by atoms with Gasteiger partial charge in [-0.05, 0) is 41.3 Å². The lowest BCUT2D eigenvalue weighted by molar-refractivity contribution is -0.126. The van der Waals surface area contributed by atoms with Gasteiger partial charge in [0, 0.05) is 43.4 Å². The van der Waals surface area contributed by atoms with Crippen molar-refractivity contribution in [2.24, 2.45) is 7.05 Å². The molecule has 2 aromatic heterocycles. The second-order valence-electron chi connectivity index (χ2n) is 8.27. The maximum atomic E-state index is 13.2. The van der Waals surface area contributed by atoms with Gasteiger partial charge in [-0.1, -0.05) is 30.3 Å². The third kappa shape index (κ3) is 3.79. The van der Waals surface area contributed by atoms with Gasteiger partial charge in [0.25, 0.3) is 0 Å². The fourth-order valence-corrected chi connectivity index (χ4v) is 4.64. The topological polar surface area (TPSA) is 69.5 Å². The van der Waals surface area contributed by atoms with Gasteiger partial charge in [-0.2, -0.15) is 0 Å². The van der Waals surface area contributed by atoms with Gasteiger partial charge in [0.05, 0.1) is 19.9 Å². The van der Waals surface area contributed by atoms with Crippen LogP contribution in [-0.2, 0) is 24.8 Å². The normalized spacial score (nSPS) is 13.3. The quantitative estimate of drug-likeness (QED) is 0.422. The van der Waals surface area contributed by atoms with Crippen molar-refractivity contribution in [3.05, 3.63) is 77.8 Å². The molecule has 0 saturated carbocycles. The van der Waals surface area contributed by atoms with Crippen LogP contribution in [0, 0.1) is 0 Å². The van der Waals surface area contributed by atoms with Crippen LogP contribution < -0.4 is 9.47 Å². The Hall–Kier alpha value is -4.13. The van der Waals surface area contributed by atoms with Crippen LogP contribution in [0.25, 0.3) is 28.4 Å². The molecule has 0 N–H and O–H groups in total. The summed E-state index contributed by atoms with van der Waals surface area (Å²) in [5, 5.41) is 0.911. The molecule has 5 rings (SSSR count). The summed E-state index contributed by atoms with van der Waals surface area (Å²) in [4.78, 5) is 23.7. The first-order valence-corrected chi connectivity index (χ1v) is 11.1. The van der Waals surface area contributed by atoms with E-state index in [0.29, 0.717) is 24.6 Å². The van der Waals surface area contributed by atoms with Crippen LogP contribution in [0.2, 0.25) is 0 Å². The molecule has 3 heterocycles. The molecule has 4 aromatic rings. The van der Waals surface area contributed by atoms with Crippen LogP contribution in [0.15, 0.2) is 61.1 Å². The molecule has 0 unspecified atom stereocenters. The molecule has 7 nitrogen and oxygen atoms in total. The number of hydrogen-bond donors (Lipinski definition) is 0. The van der Waals surface area contributed by atoms with Crippen LogP contribution in [0.4, 0.5) is 0 Å². The molecule has 0 spiro atoms. The summed E-state index contributed by atoms with van der Waals surface area (Å²) < 4.78 is 12.9. The molecule has 0 aliphatic carbocycles. The average molecular weight is 455 g/mol. The highest BCUT2D eigenvalue weighted by atomic mass is 16.5. The van der Waals surface area contributed by atoms with E-state index in [0.717, 1.165) is 39.8 Å². The highest BCUT2D eigenvalue weighted by molar-refractivity contribution is 6.00. The summed E-state index contributed by atoms with van der Waals surface area (Å²) in [6, 6.07) is 14.1. The summed E-state index contributed by atoms with van der Waals surface area (Å²) in [6.07, 6.45) is 7.66. The molecule has 1 aliphatic heterocycles. The van der Waals surface area contributed by atoms with Crippen molar-refractivity contribution in [1.82, 2.24) is 19.4 Å². The molecule has 1 amide bonds. The number of amides is 1. The summed E-state index contributed by atoms with van der Waals surface area (Å²) >= 11 is 0. The minimum absolute atomic E-state index is 0.0340. The number of fused-ring (bicyclic) bond motifs is 2. The predicted octanol–water partition coefficient (Wildman–Crippen LogP) is 4.25. The number of carbonyl (C=O) groups excluding carboxylic acids is 1. The molecule has 0 bridgehead atoms. The van der Waals surface area contributed by atoms with Crippen molar-refractivity contribution in [2.75, 3.05) is 20.8 Å². The largest absolute Gasteiger partial charge is 0.493 e. The maximum Gasteiger partial charge on any atom is 0.246 e. The van der Waals surface area contributed by atoms with E-state index in [1.165, 1.54) is 5.56 Å². The first-order chi connectivity index (χ1) is 16.6. The molecule has 172 valence electrons. The van der Waals surface area contributed by atoms with E-state index in [9.17, 15) is 4.79 Å². The molecule has 0 radical (unpaired) electrons. The van der Waals surface area contributed by atoms with Gasteiger partial charge in [0.15, 0.2) is 11.5 Å². The Morgan fingerprint density at radius 1 is 1.06 bits per heavy atom. The van der Waals surface area contributed by atoms with E-state index in [1.54, 1.807) is 32.8 Å². The van der Waals surface area contributed by atoms with Gasteiger partial charge in [-0.3, -0.25) is 4.79 Å². The van der Waals surface area contributed by atoms with Crippen molar-refractivity contribution in [3.8, 4) is 22.8 Å². The van der Waals surface area contributed by atoms with Crippen molar-refractivity contribution < 1.29 is 14.3 Å². The van der Waals surface area contributed by atoms with E-state index in [2.05, 4.69) is 22.1 Å². The van der Waals surface area contributed by atoms with Crippen LogP contribution in [0.5, 0.6) is 11.5 Å². The molecule has 0 atom stereocenters. The highest BCUT2D eigenvalue weighted by Gasteiger charge is 2.22. The van der Waals surface area contributed by atoms with Crippen molar-refractivity contribution >= 4 is 23.0 Å². The summed E-state index contributed by atoms with van der Waals surface area (Å²) in [7, 11) is 5.24. The van der Waals surface area contributed by atoms with Crippen LogP contribution in [-0.4, -0.2) is 46.1 Å². The van der Waals surface area contributed by atoms with Crippen molar-refractivity contribution in [2.45, 2.75) is 13.0 Å². The van der Waals surface area contributed by atoms with E-state index < -0.39 is 0 Å². The number of benzene rings is 2. The number of hydrogen-bond acceptors (Lipinski definition) is 5. The Bertz CT molecular complexity index is 1390. The second kappa shape index (κ2) is 9.02. The van der Waals surface area contributed by atoms with Crippen molar-refractivity contribution in [3.63, 3.8) is 0 Å². The second-order valence-corrected chi connectivity index (χ2v) is 8.27. The van der Waals surface area contributed by atoms with E-state index in [4.69, 9.17) is 9.47 Å². The smallest absolute Gasteiger partial charge is 0.246 e. The zero-order valence-corrected chi connectivity index (χ0v) is 19.5. The minimum atomic E-state index is -0.0340. The van der Waals surface area contributed by atoms with Crippen LogP contribution in [0.1, 0.15) is 16.7 Å². The number of aryl methyl sites for hydroxylation is 1. The lowest BCUT2D eigenvalue weighted by Crippen LogP contribution is -2.34. The maximum absolute atomic E-state index is 13.2. The predicted molar refractivity (Wildman–Crippen MR) is 132 cm³/mol. The molecule has 34 heavy (non-hydrogen) atoms. The minimum Gasteiger partial charge on any atom is -0.493 e. The fraction of sp³-hybridized carbons (Fsp3) is 0.222. The van der Waals surface area contributed by atoms with E-state index >= 15 is 0 Å². The van der Waals surface area contributed by atoms with Gasteiger partial charge in [-0.15, -0.1) is 0 Å². The molecule has 1 aliphatic rings.